The van der Waals surface area contributed by atoms with E-state index in [9.17, 15) is 0 Å². The van der Waals surface area contributed by atoms with Crippen molar-refractivity contribution in [1.82, 2.24) is 4.98 Å². The largest absolute Gasteiger partial charge is 0.371 e. The molecule has 4 heteroatoms. The zero-order chi connectivity index (χ0) is 14.9. The summed E-state index contributed by atoms with van der Waals surface area (Å²) in [5.41, 5.74) is 2.03. The van der Waals surface area contributed by atoms with Crippen molar-refractivity contribution in [1.29, 1.82) is 0 Å². The number of rotatable bonds is 3. The Bertz CT molecular complexity index is 627. The lowest BCUT2D eigenvalue weighted by molar-refractivity contribution is -0.0579. The zero-order valence-electron chi connectivity index (χ0n) is 12.4. The Morgan fingerprint density at radius 1 is 1.43 bits per heavy atom. The van der Waals surface area contributed by atoms with Crippen LogP contribution >= 0.6 is 27.3 Å². The summed E-state index contributed by atoms with van der Waals surface area (Å²) in [5.74, 6) is 0.705. The molecule has 2 unspecified atom stereocenters. The molecular weight excluding hydrogens is 346 g/mol. The van der Waals surface area contributed by atoms with Gasteiger partial charge in [0.2, 0.25) is 0 Å². The van der Waals surface area contributed by atoms with Crippen LogP contribution in [-0.2, 0) is 10.3 Å². The summed E-state index contributed by atoms with van der Waals surface area (Å²) in [5, 5.41) is 3.28. The number of hydrogen-bond donors (Lipinski definition) is 0. The van der Waals surface area contributed by atoms with Gasteiger partial charge < -0.3 is 4.74 Å². The summed E-state index contributed by atoms with van der Waals surface area (Å²) in [6.45, 7) is 2.32. The van der Waals surface area contributed by atoms with E-state index in [-0.39, 0.29) is 5.60 Å². The average Bonchev–Trinajstić information content (AvgIpc) is 2.97. The van der Waals surface area contributed by atoms with Crippen LogP contribution < -0.4 is 0 Å². The maximum atomic E-state index is 5.95. The van der Waals surface area contributed by atoms with Crippen molar-refractivity contribution in [3.8, 4) is 11.3 Å². The lowest BCUT2D eigenvalue weighted by atomic mass is 9.79. The van der Waals surface area contributed by atoms with Gasteiger partial charge >= 0.3 is 0 Å². The number of hydrogen-bond acceptors (Lipinski definition) is 3. The first-order valence-electron chi connectivity index (χ1n) is 7.40. The monoisotopic (exact) mass is 365 g/mol. The van der Waals surface area contributed by atoms with Crippen molar-refractivity contribution in [2.24, 2.45) is 5.92 Å². The van der Waals surface area contributed by atoms with Crippen molar-refractivity contribution in [3.05, 3.63) is 39.1 Å². The van der Waals surface area contributed by atoms with Crippen LogP contribution in [0.3, 0.4) is 0 Å². The summed E-state index contributed by atoms with van der Waals surface area (Å²) < 4.78 is 7.03. The third-order valence-corrected chi connectivity index (χ3v) is 5.88. The van der Waals surface area contributed by atoms with Gasteiger partial charge in [-0.15, -0.1) is 11.3 Å². The van der Waals surface area contributed by atoms with Crippen molar-refractivity contribution in [3.63, 3.8) is 0 Å². The second-order valence-electron chi connectivity index (χ2n) is 5.95. The first-order valence-corrected chi connectivity index (χ1v) is 9.07. The fraction of sp³-hybridized carbons (Fsp3) is 0.471. The van der Waals surface area contributed by atoms with Gasteiger partial charge in [0.25, 0.3) is 0 Å². The molecular formula is C17H20BrNOS. The van der Waals surface area contributed by atoms with Gasteiger partial charge in [-0.3, -0.25) is 0 Å². The summed E-state index contributed by atoms with van der Waals surface area (Å²) in [6.07, 6.45) is 4.68. The number of methoxy groups -OCH3 is 1. The Morgan fingerprint density at radius 2 is 2.29 bits per heavy atom. The molecule has 1 aliphatic rings. The van der Waals surface area contributed by atoms with Crippen LogP contribution in [0.4, 0.5) is 0 Å². The van der Waals surface area contributed by atoms with Crippen molar-refractivity contribution in [2.45, 2.75) is 38.2 Å². The molecule has 112 valence electrons. The molecule has 0 radical (unpaired) electrons. The maximum absolute atomic E-state index is 5.95. The van der Waals surface area contributed by atoms with Crippen LogP contribution in [0.15, 0.2) is 34.1 Å². The quantitative estimate of drug-likeness (QED) is 0.703. The van der Waals surface area contributed by atoms with E-state index >= 15 is 0 Å². The summed E-state index contributed by atoms with van der Waals surface area (Å²) in [4.78, 5) is 4.90. The first kappa shape index (κ1) is 15.2. The smallest absolute Gasteiger partial charge is 0.125 e. The van der Waals surface area contributed by atoms with E-state index in [2.05, 4.69) is 40.4 Å². The van der Waals surface area contributed by atoms with E-state index in [1.807, 2.05) is 19.2 Å². The van der Waals surface area contributed by atoms with Gasteiger partial charge in [0.1, 0.15) is 10.6 Å². The van der Waals surface area contributed by atoms with Crippen LogP contribution in [0.25, 0.3) is 11.3 Å². The van der Waals surface area contributed by atoms with E-state index in [0.29, 0.717) is 5.92 Å². The second-order valence-corrected chi connectivity index (χ2v) is 7.72. The molecule has 1 fully saturated rings. The molecule has 1 heterocycles. The molecule has 2 atom stereocenters. The molecule has 0 amide bonds. The SMILES string of the molecule is COC1(c2nc(-c3cccc(Br)c3)cs2)CCCC(C)C1. The van der Waals surface area contributed by atoms with Crippen LogP contribution in [0.1, 0.15) is 37.6 Å². The van der Waals surface area contributed by atoms with E-state index in [4.69, 9.17) is 9.72 Å². The van der Waals surface area contributed by atoms with E-state index in [1.165, 1.54) is 12.8 Å². The van der Waals surface area contributed by atoms with Gasteiger partial charge in [-0.05, 0) is 37.3 Å². The van der Waals surface area contributed by atoms with E-state index < -0.39 is 0 Å². The molecule has 2 aromatic rings. The number of aromatic nitrogens is 1. The molecule has 1 aliphatic carbocycles. The Morgan fingerprint density at radius 3 is 3.00 bits per heavy atom. The van der Waals surface area contributed by atoms with Crippen molar-refractivity contribution < 1.29 is 4.74 Å². The fourth-order valence-electron chi connectivity index (χ4n) is 3.23. The summed E-state index contributed by atoms with van der Waals surface area (Å²) in [6, 6.07) is 8.30. The third-order valence-electron chi connectivity index (χ3n) is 4.36. The molecule has 0 spiro atoms. The topological polar surface area (TPSA) is 22.1 Å². The number of ether oxygens (including phenoxy) is 1. The Hall–Kier alpha value is -0.710. The highest BCUT2D eigenvalue weighted by Crippen LogP contribution is 2.44. The van der Waals surface area contributed by atoms with E-state index in [1.54, 1.807) is 11.3 Å². The molecule has 0 bridgehead atoms. The minimum absolute atomic E-state index is 0.174. The second kappa shape index (κ2) is 6.19. The number of benzene rings is 1. The minimum atomic E-state index is -0.174. The predicted octanol–water partition coefficient (Wildman–Crippen LogP) is 5.62. The maximum Gasteiger partial charge on any atom is 0.125 e. The highest BCUT2D eigenvalue weighted by molar-refractivity contribution is 9.10. The van der Waals surface area contributed by atoms with Gasteiger partial charge in [-0.25, -0.2) is 4.98 Å². The molecule has 1 saturated carbocycles. The number of nitrogens with zero attached hydrogens (tertiary/aromatic N) is 1. The highest BCUT2D eigenvalue weighted by Gasteiger charge is 2.39. The summed E-state index contributed by atoms with van der Waals surface area (Å²) >= 11 is 5.26. The molecule has 0 aliphatic heterocycles. The molecule has 0 saturated heterocycles. The van der Waals surface area contributed by atoms with Gasteiger partial charge in [0.15, 0.2) is 0 Å². The van der Waals surface area contributed by atoms with Crippen molar-refractivity contribution >= 4 is 27.3 Å². The third kappa shape index (κ3) is 3.08. The summed E-state index contributed by atoms with van der Waals surface area (Å²) in [7, 11) is 1.83. The average molecular weight is 366 g/mol. The molecule has 1 aromatic carbocycles. The van der Waals surface area contributed by atoms with Gasteiger partial charge in [-0.2, -0.15) is 0 Å². The van der Waals surface area contributed by atoms with Gasteiger partial charge in [-0.1, -0.05) is 41.4 Å². The van der Waals surface area contributed by atoms with Gasteiger partial charge in [0.05, 0.1) is 5.69 Å². The lowest BCUT2D eigenvalue weighted by Crippen LogP contribution is -2.34. The van der Waals surface area contributed by atoms with Crippen LogP contribution in [-0.4, -0.2) is 12.1 Å². The Balaban J connectivity index is 1.93. The lowest BCUT2D eigenvalue weighted by Gasteiger charge is -2.37. The number of thiazole rings is 1. The van der Waals surface area contributed by atoms with Crippen LogP contribution in [0, 0.1) is 5.92 Å². The normalized spacial score (nSPS) is 26.0. The first-order chi connectivity index (χ1) is 10.1. The van der Waals surface area contributed by atoms with Gasteiger partial charge in [0, 0.05) is 22.5 Å². The Labute approximate surface area is 138 Å². The highest BCUT2D eigenvalue weighted by atomic mass is 79.9. The molecule has 0 N–H and O–H groups in total. The standard InChI is InChI=1S/C17H20BrNOS/c1-12-5-4-8-17(10-12,20-2)16-19-15(11-21-16)13-6-3-7-14(18)9-13/h3,6-7,9,11-12H,4-5,8,10H2,1-2H3. The van der Waals surface area contributed by atoms with Crippen LogP contribution in [0.2, 0.25) is 0 Å². The predicted molar refractivity (Wildman–Crippen MR) is 91.6 cm³/mol. The molecule has 1 aromatic heterocycles. The fourth-order valence-corrected chi connectivity index (χ4v) is 4.68. The minimum Gasteiger partial charge on any atom is -0.371 e. The van der Waals surface area contributed by atoms with Crippen molar-refractivity contribution in [2.75, 3.05) is 7.11 Å². The molecule has 2 nitrogen and oxygen atoms in total. The van der Waals surface area contributed by atoms with Crippen LogP contribution in [0.5, 0.6) is 0 Å². The van der Waals surface area contributed by atoms with E-state index in [0.717, 1.165) is 33.6 Å². The molecule has 3 rings (SSSR count). The Kier molecular flexibility index (Phi) is 4.48. The number of halogens is 1. The zero-order valence-corrected chi connectivity index (χ0v) is 14.8. The molecule has 21 heavy (non-hydrogen) atoms.